The minimum absolute atomic E-state index is 0.135. The van der Waals surface area contributed by atoms with Gasteiger partial charge in [0.1, 0.15) is 0 Å². The van der Waals surface area contributed by atoms with E-state index in [1.165, 1.54) is 16.4 Å². The number of aromatic amines is 1. The van der Waals surface area contributed by atoms with Crippen molar-refractivity contribution < 1.29 is 12.8 Å². The molecule has 0 saturated carbocycles. The largest absolute Gasteiger partial charge is 0.417 e. The minimum atomic E-state index is -3.62. The van der Waals surface area contributed by atoms with Gasteiger partial charge >= 0.3 is 5.76 Å². The van der Waals surface area contributed by atoms with Gasteiger partial charge in [0, 0.05) is 37.9 Å². The van der Waals surface area contributed by atoms with E-state index in [9.17, 15) is 13.2 Å². The molecule has 4 rings (SSSR count). The molecule has 8 heteroatoms. The fourth-order valence-corrected chi connectivity index (χ4v) is 4.50. The third-order valence-electron chi connectivity index (χ3n) is 4.39. The summed E-state index contributed by atoms with van der Waals surface area (Å²) >= 11 is 0. The summed E-state index contributed by atoms with van der Waals surface area (Å²) in [4.78, 5) is 16.0. The molecule has 0 radical (unpaired) electrons. The standard InChI is InChI=1S/C17H17N3O4S/c21-17-18-15-7-6-14(12-16(15)24-17)25(22,23)20-10-8-19(9-11-20)13-4-2-1-3-5-13/h1-7,12H,8-11H2,(H,18,21). The Balaban J connectivity index is 1.55. The molecule has 0 amide bonds. The maximum atomic E-state index is 12.9. The molecule has 1 saturated heterocycles. The first kappa shape index (κ1) is 15.9. The molecule has 130 valence electrons. The number of rotatable bonds is 3. The summed E-state index contributed by atoms with van der Waals surface area (Å²) in [7, 11) is -3.62. The highest BCUT2D eigenvalue weighted by Crippen LogP contribution is 2.23. The van der Waals surface area contributed by atoms with Crippen LogP contribution in [0.25, 0.3) is 11.1 Å². The van der Waals surface area contributed by atoms with Crippen LogP contribution < -0.4 is 10.7 Å². The van der Waals surface area contributed by atoms with E-state index in [4.69, 9.17) is 4.42 Å². The SMILES string of the molecule is O=c1[nH]c2ccc(S(=O)(=O)N3CCN(c4ccccc4)CC3)cc2o1. The van der Waals surface area contributed by atoms with Crippen molar-refractivity contribution in [2.75, 3.05) is 31.1 Å². The Bertz CT molecular complexity index is 1050. The van der Waals surface area contributed by atoms with Crippen molar-refractivity contribution in [3.63, 3.8) is 0 Å². The monoisotopic (exact) mass is 359 g/mol. The zero-order valence-corrected chi connectivity index (χ0v) is 14.2. The number of hydrogen-bond acceptors (Lipinski definition) is 5. The van der Waals surface area contributed by atoms with Gasteiger partial charge in [-0.3, -0.25) is 4.98 Å². The molecule has 7 nitrogen and oxygen atoms in total. The van der Waals surface area contributed by atoms with Gasteiger partial charge in [-0.05, 0) is 24.3 Å². The quantitative estimate of drug-likeness (QED) is 0.768. The molecular formula is C17H17N3O4S. The van der Waals surface area contributed by atoms with Crippen molar-refractivity contribution >= 4 is 26.8 Å². The number of H-pyrrole nitrogens is 1. The van der Waals surface area contributed by atoms with Crippen molar-refractivity contribution in [2.45, 2.75) is 4.90 Å². The third kappa shape index (κ3) is 2.94. The van der Waals surface area contributed by atoms with E-state index >= 15 is 0 Å². The van der Waals surface area contributed by atoms with Crippen molar-refractivity contribution in [3.8, 4) is 0 Å². The van der Waals surface area contributed by atoms with Crippen LogP contribution in [0, 0.1) is 0 Å². The van der Waals surface area contributed by atoms with Crippen LogP contribution in [-0.2, 0) is 10.0 Å². The van der Waals surface area contributed by atoms with E-state index in [0.717, 1.165) is 5.69 Å². The summed E-state index contributed by atoms with van der Waals surface area (Å²) in [5.41, 5.74) is 1.82. The fraction of sp³-hybridized carbons (Fsp3) is 0.235. The summed E-state index contributed by atoms with van der Waals surface area (Å²) in [5.74, 6) is -0.596. The number of hydrogen-bond donors (Lipinski definition) is 1. The third-order valence-corrected chi connectivity index (χ3v) is 6.28. The summed E-state index contributed by atoms with van der Waals surface area (Å²) < 4.78 is 32.2. The van der Waals surface area contributed by atoms with E-state index in [1.54, 1.807) is 6.07 Å². The van der Waals surface area contributed by atoms with Crippen LogP contribution in [0.1, 0.15) is 0 Å². The van der Waals surface area contributed by atoms with Crippen molar-refractivity contribution in [1.29, 1.82) is 0 Å². The topological polar surface area (TPSA) is 86.6 Å². The lowest BCUT2D eigenvalue weighted by atomic mass is 10.2. The predicted octanol–water partition coefficient (Wildman–Crippen LogP) is 1.63. The predicted molar refractivity (Wildman–Crippen MR) is 94.2 cm³/mol. The molecule has 0 aliphatic carbocycles. The van der Waals surface area contributed by atoms with Gasteiger partial charge < -0.3 is 9.32 Å². The van der Waals surface area contributed by atoms with Crippen LogP contribution in [0.4, 0.5) is 5.69 Å². The van der Waals surface area contributed by atoms with Gasteiger partial charge in [0.2, 0.25) is 10.0 Å². The Morgan fingerprint density at radius 2 is 1.68 bits per heavy atom. The maximum Gasteiger partial charge on any atom is 0.417 e. The van der Waals surface area contributed by atoms with Crippen LogP contribution in [-0.4, -0.2) is 43.9 Å². The number of sulfonamides is 1. The number of nitrogens with zero attached hydrogens (tertiary/aromatic N) is 2. The number of anilines is 1. The average molecular weight is 359 g/mol. The molecule has 2 aromatic carbocycles. The van der Waals surface area contributed by atoms with Gasteiger partial charge in [0.05, 0.1) is 10.4 Å². The summed E-state index contributed by atoms with van der Waals surface area (Å²) in [6, 6.07) is 14.4. The maximum absolute atomic E-state index is 12.9. The molecule has 1 aliphatic heterocycles. The number of fused-ring (bicyclic) bond motifs is 1. The highest BCUT2D eigenvalue weighted by atomic mass is 32.2. The first-order valence-corrected chi connectivity index (χ1v) is 9.41. The molecule has 0 bridgehead atoms. The van der Waals surface area contributed by atoms with E-state index in [1.807, 2.05) is 30.3 Å². The van der Waals surface area contributed by atoms with Gasteiger partial charge in [-0.1, -0.05) is 18.2 Å². The van der Waals surface area contributed by atoms with Crippen LogP contribution in [0.2, 0.25) is 0 Å². The van der Waals surface area contributed by atoms with Gasteiger partial charge in [0.25, 0.3) is 0 Å². The molecule has 2 heterocycles. The number of piperazine rings is 1. The molecule has 1 aromatic heterocycles. The number of aromatic nitrogens is 1. The van der Waals surface area contributed by atoms with Gasteiger partial charge in [-0.25, -0.2) is 13.2 Å². The molecular weight excluding hydrogens is 342 g/mol. The van der Waals surface area contributed by atoms with Gasteiger partial charge in [0.15, 0.2) is 5.58 Å². The number of para-hydroxylation sites is 1. The fourth-order valence-electron chi connectivity index (χ4n) is 3.06. The Labute approximate surface area is 144 Å². The summed E-state index contributed by atoms with van der Waals surface area (Å²) in [5, 5.41) is 0. The molecule has 25 heavy (non-hydrogen) atoms. The normalized spacial score (nSPS) is 16.4. The molecule has 3 aromatic rings. The van der Waals surface area contributed by atoms with Crippen LogP contribution in [0.3, 0.4) is 0 Å². The average Bonchev–Trinajstić information content (AvgIpc) is 3.02. The highest BCUT2D eigenvalue weighted by Gasteiger charge is 2.29. The van der Waals surface area contributed by atoms with Crippen LogP contribution in [0.5, 0.6) is 0 Å². The molecule has 1 aliphatic rings. The van der Waals surface area contributed by atoms with Crippen molar-refractivity contribution in [3.05, 3.63) is 59.1 Å². The van der Waals surface area contributed by atoms with Crippen molar-refractivity contribution in [2.24, 2.45) is 0 Å². The molecule has 1 N–H and O–H groups in total. The van der Waals surface area contributed by atoms with E-state index in [0.29, 0.717) is 31.7 Å². The summed E-state index contributed by atoms with van der Waals surface area (Å²) in [6.07, 6.45) is 0. The van der Waals surface area contributed by atoms with Crippen LogP contribution >= 0.6 is 0 Å². The lowest BCUT2D eigenvalue weighted by molar-refractivity contribution is 0.385. The van der Waals surface area contributed by atoms with Crippen LogP contribution in [0.15, 0.2) is 62.6 Å². The molecule has 0 unspecified atom stereocenters. The van der Waals surface area contributed by atoms with E-state index < -0.39 is 15.8 Å². The lowest BCUT2D eigenvalue weighted by Crippen LogP contribution is -2.48. The zero-order valence-electron chi connectivity index (χ0n) is 13.4. The molecule has 0 spiro atoms. The number of nitrogens with one attached hydrogen (secondary N) is 1. The number of oxazole rings is 1. The second kappa shape index (κ2) is 6.05. The molecule has 1 fully saturated rings. The second-order valence-electron chi connectivity index (χ2n) is 5.90. The number of benzene rings is 2. The van der Waals surface area contributed by atoms with Gasteiger partial charge in [-0.15, -0.1) is 0 Å². The Kier molecular flexibility index (Phi) is 3.85. The Morgan fingerprint density at radius 3 is 2.40 bits per heavy atom. The van der Waals surface area contributed by atoms with E-state index in [2.05, 4.69) is 9.88 Å². The smallest absolute Gasteiger partial charge is 0.408 e. The molecule has 0 atom stereocenters. The first-order valence-electron chi connectivity index (χ1n) is 7.97. The zero-order chi connectivity index (χ0) is 17.4. The Hall–Kier alpha value is -2.58. The summed E-state index contributed by atoms with van der Waals surface area (Å²) in [6.45, 7) is 2.08. The van der Waals surface area contributed by atoms with Crippen molar-refractivity contribution in [1.82, 2.24) is 9.29 Å². The van der Waals surface area contributed by atoms with E-state index in [-0.39, 0.29) is 10.5 Å². The highest BCUT2D eigenvalue weighted by molar-refractivity contribution is 7.89. The lowest BCUT2D eigenvalue weighted by Gasteiger charge is -2.35. The van der Waals surface area contributed by atoms with Gasteiger partial charge in [-0.2, -0.15) is 4.31 Å². The second-order valence-corrected chi connectivity index (χ2v) is 7.84. The Morgan fingerprint density at radius 1 is 0.960 bits per heavy atom. The first-order chi connectivity index (χ1) is 12.0. The minimum Gasteiger partial charge on any atom is -0.408 e.